The largest absolute Gasteiger partial charge is 0.480 e. The zero-order valence-electron chi connectivity index (χ0n) is 9.38. The Morgan fingerprint density at radius 3 is 2.36 bits per heavy atom. The van der Waals surface area contributed by atoms with E-state index >= 15 is 0 Å². The molecular weight excluding hydrogens is 178 g/mol. The molecule has 0 aromatic carbocycles. The van der Waals surface area contributed by atoms with Crippen LogP contribution in [0.15, 0.2) is 0 Å². The van der Waals surface area contributed by atoms with E-state index in [1.165, 1.54) is 19.3 Å². The lowest BCUT2D eigenvalue weighted by Crippen LogP contribution is -2.36. The van der Waals surface area contributed by atoms with Gasteiger partial charge in [-0.3, -0.25) is 4.79 Å². The van der Waals surface area contributed by atoms with Crippen molar-refractivity contribution in [1.82, 2.24) is 5.32 Å². The Morgan fingerprint density at radius 1 is 1.21 bits per heavy atom. The minimum atomic E-state index is -0.720. The maximum absolute atomic E-state index is 10.7. The number of carbonyl (C=O) groups is 1. The van der Waals surface area contributed by atoms with Crippen LogP contribution >= 0.6 is 0 Å². The van der Waals surface area contributed by atoms with Gasteiger partial charge in [-0.15, -0.1) is 0 Å². The summed E-state index contributed by atoms with van der Waals surface area (Å²) in [5, 5.41) is 11.8. The van der Waals surface area contributed by atoms with Gasteiger partial charge in [0, 0.05) is 0 Å². The summed E-state index contributed by atoms with van der Waals surface area (Å²) in [6.45, 7) is 4.84. The van der Waals surface area contributed by atoms with Crippen molar-refractivity contribution < 1.29 is 9.90 Å². The van der Waals surface area contributed by atoms with Crippen LogP contribution in [0, 0.1) is 0 Å². The van der Waals surface area contributed by atoms with Gasteiger partial charge in [-0.05, 0) is 13.0 Å². The Hall–Kier alpha value is -0.570. The lowest BCUT2D eigenvalue weighted by molar-refractivity contribution is -0.139. The van der Waals surface area contributed by atoms with Crippen molar-refractivity contribution in [2.45, 2.75) is 58.4 Å². The molecule has 0 spiro atoms. The van der Waals surface area contributed by atoms with Crippen molar-refractivity contribution in [3.05, 3.63) is 0 Å². The van der Waals surface area contributed by atoms with Crippen LogP contribution in [0.3, 0.4) is 0 Å². The van der Waals surface area contributed by atoms with Gasteiger partial charge in [0.05, 0.1) is 0 Å². The summed E-state index contributed by atoms with van der Waals surface area (Å²) in [4.78, 5) is 10.7. The second kappa shape index (κ2) is 9.00. The fourth-order valence-corrected chi connectivity index (χ4v) is 1.51. The summed E-state index contributed by atoms with van der Waals surface area (Å²) >= 11 is 0. The van der Waals surface area contributed by atoms with Crippen LogP contribution in [0.2, 0.25) is 0 Å². The predicted molar refractivity (Wildman–Crippen MR) is 58.5 cm³/mol. The van der Waals surface area contributed by atoms with Crippen LogP contribution < -0.4 is 5.32 Å². The molecule has 0 aromatic rings. The van der Waals surface area contributed by atoms with Crippen LogP contribution in [0.5, 0.6) is 0 Å². The molecule has 0 amide bonds. The van der Waals surface area contributed by atoms with Crippen molar-refractivity contribution in [3.63, 3.8) is 0 Å². The number of hydrogen-bond acceptors (Lipinski definition) is 2. The van der Waals surface area contributed by atoms with Gasteiger partial charge in [0.15, 0.2) is 0 Å². The molecule has 0 saturated carbocycles. The van der Waals surface area contributed by atoms with E-state index in [0.717, 1.165) is 25.8 Å². The smallest absolute Gasteiger partial charge is 0.320 e. The molecule has 2 N–H and O–H groups in total. The number of aliphatic carboxylic acids is 1. The van der Waals surface area contributed by atoms with Crippen LogP contribution in [-0.4, -0.2) is 23.7 Å². The molecule has 1 unspecified atom stereocenters. The van der Waals surface area contributed by atoms with Gasteiger partial charge in [-0.1, -0.05) is 46.0 Å². The molecule has 0 heterocycles. The molecule has 0 rings (SSSR count). The molecule has 0 aliphatic carbocycles. The van der Waals surface area contributed by atoms with Crippen molar-refractivity contribution >= 4 is 5.97 Å². The topological polar surface area (TPSA) is 49.3 Å². The molecule has 0 fully saturated rings. The first-order valence-corrected chi connectivity index (χ1v) is 5.68. The lowest BCUT2D eigenvalue weighted by Gasteiger charge is -2.12. The third-order valence-electron chi connectivity index (χ3n) is 2.34. The Bertz CT molecular complexity index is 148. The van der Waals surface area contributed by atoms with E-state index in [2.05, 4.69) is 12.2 Å². The van der Waals surface area contributed by atoms with Crippen molar-refractivity contribution in [2.24, 2.45) is 0 Å². The van der Waals surface area contributed by atoms with Gasteiger partial charge in [0.25, 0.3) is 0 Å². The van der Waals surface area contributed by atoms with Gasteiger partial charge in [0.1, 0.15) is 6.04 Å². The maximum Gasteiger partial charge on any atom is 0.320 e. The maximum atomic E-state index is 10.7. The third-order valence-corrected chi connectivity index (χ3v) is 2.34. The highest BCUT2D eigenvalue weighted by atomic mass is 16.4. The lowest BCUT2D eigenvalue weighted by atomic mass is 10.1. The molecule has 0 bridgehead atoms. The number of carboxylic acids is 1. The molecule has 0 aliphatic heterocycles. The number of likely N-dealkylation sites (N-methyl/N-ethyl adjacent to an activating group) is 1. The SMILES string of the molecule is CCCCCCCC(NCC)C(=O)O. The summed E-state index contributed by atoms with van der Waals surface area (Å²) in [5.74, 6) is -0.720. The zero-order chi connectivity index (χ0) is 10.8. The van der Waals surface area contributed by atoms with E-state index in [4.69, 9.17) is 5.11 Å². The van der Waals surface area contributed by atoms with E-state index < -0.39 is 5.97 Å². The molecule has 3 nitrogen and oxygen atoms in total. The van der Waals surface area contributed by atoms with Gasteiger partial charge in [-0.2, -0.15) is 0 Å². The summed E-state index contributed by atoms with van der Waals surface area (Å²) < 4.78 is 0. The highest BCUT2D eigenvalue weighted by Gasteiger charge is 2.14. The molecule has 3 heteroatoms. The standard InChI is InChI=1S/C11H23NO2/c1-3-5-6-7-8-9-10(11(13)14)12-4-2/h10,12H,3-9H2,1-2H3,(H,13,14). The van der Waals surface area contributed by atoms with Crippen molar-refractivity contribution in [1.29, 1.82) is 0 Å². The summed E-state index contributed by atoms with van der Waals surface area (Å²) in [6, 6.07) is -0.346. The zero-order valence-corrected chi connectivity index (χ0v) is 9.38. The minimum absolute atomic E-state index is 0.346. The number of hydrogen-bond donors (Lipinski definition) is 2. The van der Waals surface area contributed by atoms with Gasteiger partial charge in [-0.25, -0.2) is 0 Å². The second-order valence-corrected chi connectivity index (χ2v) is 3.65. The molecule has 1 atom stereocenters. The normalized spacial score (nSPS) is 12.7. The Morgan fingerprint density at radius 2 is 1.86 bits per heavy atom. The Kier molecular flexibility index (Phi) is 8.64. The van der Waals surface area contributed by atoms with Gasteiger partial charge in [0.2, 0.25) is 0 Å². The molecule has 0 aliphatic rings. The van der Waals surface area contributed by atoms with Crippen LogP contribution in [0.1, 0.15) is 52.4 Å². The average Bonchev–Trinajstić information content (AvgIpc) is 2.15. The van der Waals surface area contributed by atoms with Crippen LogP contribution in [0.25, 0.3) is 0 Å². The first-order chi connectivity index (χ1) is 6.72. The Labute approximate surface area is 86.9 Å². The van der Waals surface area contributed by atoms with Gasteiger partial charge < -0.3 is 10.4 Å². The minimum Gasteiger partial charge on any atom is -0.480 e. The molecule has 14 heavy (non-hydrogen) atoms. The molecule has 0 radical (unpaired) electrons. The monoisotopic (exact) mass is 201 g/mol. The van der Waals surface area contributed by atoms with Gasteiger partial charge >= 0.3 is 5.97 Å². The fraction of sp³-hybridized carbons (Fsp3) is 0.909. The summed E-state index contributed by atoms with van der Waals surface area (Å²) in [6.07, 6.45) is 6.66. The number of nitrogens with one attached hydrogen (secondary N) is 1. The fourth-order valence-electron chi connectivity index (χ4n) is 1.51. The molecule has 0 aromatic heterocycles. The van der Waals surface area contributed by atoms with Crippen LogP contribution in [-0.2, 0) is 4.79 Å². The summed E-state index contributed by atoms with van der Waals surface area (Å²) in [7, 11) is 0. The molecular formula is C11H23NO2. The van der Waals surface area contributed by atoms with E-state index in [-0.39, 0.29) is 6.04 Å². The number of unbranched alkanes of at least 4 members (excludes halogenated alkanes) is 4. The first kappa shape index (κ1) is 13.4. The highest BCUT2D eigenvalue weighted by Crippen LogP contribution is 2.07. The quantitative estimate of drug-likeness (QED) is 0.563. The predicted octanol–water partition coefficient (Wildman–Crippen LogP) is 2.41. The molecule has 0 saturated heterocycles. The number of rotatable bonds is 9. The van der Waals surface area contributed by atoms with Crippen LogP contribution in [0.4, 0.5) is 0 Å². The third kappa shape index (κ3) is 6.89. The van der Waals surface area contributed by atoms with E-state index in [1.807, 2.05) is 6.92 Å². The van der Waals surface area contributed by atoms with E-state index in [0.29, 0.717) is 0 Å². The first-order valence-electron chi connectivity index (χ1n) is 5.68. The summed E-state index contributed by atoms with van der Waals surface area (Å²) in [5.41, 5.74) is 0. The van der Waals surface area contributed by atoms with E-state index in [9.17, 15) is 4.79 Å². The second-order valence-electron chi connectivity index (χ2n) is 3.65. The van der Waals surface area contributed by atoms with E-state index in [1.54, 1.807) is 0 Å². The Balaban J connectivity index is 3.46. The van der Waals surface area contributed by atoms with Crippen molar-refractivity contribution in [3.8, 4) is 0 Å². The number of carboxylic acid groups (broad SMARTS) is 1. The molecule has 84 valence electrons. The van der Waals surface area contributed by atoms with Crippen molar-refractivity contribution in [2.75, 3.05) is 6.54 Å². The highest BCUT2D eigenvalue weighted by molar-refractivity contribution is 5.73. The average molecular weight is 201 g/mol.